The Morgan fingerprint density at radius 2 is 2.16 bits per heavy atom. The number of nitrogens with zero attached hydrogens (tertiary/aromatic N) is 3. The topological polar surface area (TPSA) is 60.9 Å². The van der Waals surface area contributed by atoms with Crippen molar-refractivity contribution in [3.63, 3.8) is 0 Å². The number of aromatic nitrogens is 3. The molecule has 0 saturated heterocycles. The van der Waals surface area contributed by atoms with Crippen LogP contribution >= 0.6 is 34.4 Å². The fourth-order valence-electron chi connectivity index (χ4n) is 2.64. The third kappa shape index (κ3) is 2.84. The van der Waals surface area contributed by atoms with E-state index in [1.165, 1.54) is 23.1 Å². The van der Waals surface area contributed by atoms with E-state index in [-0.39, 0.29) is 5.56 Å². The van der Waals surface area contributed by atoms with E-state index in [1.54, 1.807) is 23.0 Å². The molecule has 0 aromatic carbocycles. The highest BCUT2D eigenvalue weighted by Crippen LogP contribution is 2.35. The average molecular weight is 390 g/mol. The minimum atomic E-state index is -0.00378. The van der Waals surface area contributed by atoms with Gasteiger partial charge >= 0.3 is 0 Å². The van der Waals surface area contributed by atoms with Gasteiger partial charge in [-0.25, -0.2) is 4.98 Å². The lowest BCUT2D eigenvalue weighted by Gasteiger charge is -2.07. The fourth-order valence-corrected chi connectivity index (χ4v) is 5.57. The van der Waals surface area contributed by atoms with E-state index in [0.29, 0.717) is 16.3 Å². The van der Waals surface area contributed by atoms with Crippen molar-refractivity contribution < 1.29 is 4.52 Å². The van der Waals surface area contributed by atoms with Gasteiger partial charge in [0.05, 0.1) is 11.1 Å². The van der Waals surface area contributed by atoms with Crippen LogP contribution in [0.15, 0.2) is 37.4 Å². The monoisotopic (exact) mass is 389 g/mol. The molecule has 0 aliphatic heterocycles. The van der Waals surface area contributed by atoms with E-state index in [2.05, 4.69) is 5.16 Å². The second-order valence-electron chi connectivity index (χ2n) is 5.66. The lowest BCUT2D eigenvalue weighted by Crippen LogP contribution is -2.19. The highest BCUT2D eigenvalue weighted by Gasteiger charge is 2.17. The average Bonchev–Trinajstić information content (AvgIpc) is 3.31. The summed E-state index contributed by atoms with van der Waals surface area (Å²) in [5, 5.41) is 9.43. The van der Waals surface area contributed by atoms with Crippen LogP contribution < -0.4 is 5.56 Å². The van der Waals surface area contributed by atoms with Crippen LogP contribution in [0.4, 0.5) is 0 Å². The van der Waals surface area contributed by atoms with Gasteiger partial charge < -0.3 is 4.52 Å². The van der Waals surface area contributed by atoms with Crippen molar-refractivity contribution in [2.75, 3.05) is 0 Å². The minimum Gasteiger partial charge on any atom is -0.361 e. The highest BCUT2D eigenvalue weighted by atomic mass is 32.2. The molecule has 0 aliphatic carbocycles. The van der Waals surface area contributed by atoms with Gasteiger partial charge in [-0.3, -0.25) is 9.36 Å². The van der Waals surface area contributed by atoms with Crippen LogP contribution in [-0.2, 0) is 12.8 Å². The smallest absolute Gasteiger partial charge is 0.263 e. The van der Waals surface area contributed by atoms with E-state index in [4.69, 9.17) is 9.51 Å². The van der Waals surface area contributed by atoms with Gasteiger partial charge in [-0.2, -0.15) is 0 Å². The molecule has 128 valence electrons. The third-order valence-electron chi connectivity index (χ3n) is 4.09. The lowest BCUT2D eigenvalue weighted by molar-refractivity contribution is 0.392. The molecule has 0 amide bonds. The van der Waals surface area contributed by atoms with Crippen LogP contribution in [0, 0.1) is 13.8 Å². The Hall–Kier alpha value is -1.90. The van der Waals surface area contributed by atoms with Crippen molar-refractivity contribution in [1.29, 1.82) is 0 Å². The summed E-state index contributed by atoms with van der Waals surface area (Å²) in [7, 11) is 1.78. The quantitative estimate of drug-likeness (QED) is 0.376. The number of hydrogen-bond acceptors (Lipinski definition) is 7. The maximum absolute atomic E-state index is 12.9. The molecule has 4 aromatic heterocycles. The van der Waals surface area contributed by atoms with Gasteiger partial charge in [0, 0.05) is 34.2 Å². The number of hydrogen-bond donors (Lipinski definition) is 0. The van der Waals surface area contributed by atoms with Gasteiger partial charge in [0.15, 0.2) is 5.16 Å². The van der Waals surface area contributed by atoms with Gasteiger partial charge in [-0.15, -0.1) is 22.7 Å². The Morgan fingerprint density at radius 1 is 1.32 bits per heavy atom. The molecule has 0 atom stereocenters. The standard InChI is InChI=1S/C17H15N3O2S3/c1-9-11(10(2)22-19-9)7-25-17-18-15-14(16(21)20(17)3)12(8-24-15)13-5-4-6-23-13/h4-6,8H,7H2,1-3H3. The van der Waals surface area contributed by atoms with Gasteiger partial charge in [0.25, 0.3) is 5.56 Å². The molecule has 0 N–H and O–H groups in total. The SMILES string of the molecule is Cc1noc(C)c1CSc1nc2scc(-c3cccs3)c2c(=O)n1C. The third-order valence-corrected chi connectivity index (χ3v) is 6.92. The van der Waals surface area contributed by atoms with Crippen molar-refractivity contribution in [1.82, 2.24) is 14.7 Å². The summed E-state index contributed by atoms with van der Waals surface area (Å²) in [6.45, 7) is 3.83. The first kappa shape index (κ1) is 16.6. The summed E-state index contributed by atoms with van der Waals surface area (Å²) in [6.07, 6.45) is 0. The zero-order valence-corrected chi connectivity index (χ0v) is 16.3. The zero-order valence-electron chi connectivity index (χ0n) is 13.9. The van der Waals surface area contributed by atoms with E-state index >= 15 is 0 Å². The molecule has 0 unspecified atom stereocenters. The molecule has 0 spiro atoms. The second kappa shape index (κ2) is 6.44. The van der Waals surface area contributed by atoms with Crippen LogP contribution in [-0.4, -0.2) is 14.7 Å². The van der Waals surface area contributed by atoms with Gasteiger partial charge in [-0.1, -0.05) is 23.0 Å². The fraction of sp³-hybridized carbons (Fsp3) is 0.235. The first-order chi connectivity index (χ1) is 12.1. The largest absolute Gasteiger partial charge is 0.361 e. The van der Waals surface area contributed by atoms with E-state index < -0.39 is 0 Å². The molecule has 0 bridgehead atoms. The Labute approximate surface area is 156 Å². The minimum absolute atomic E-state index is 0.00378. The Kier molecular flexibility index (Phi) is 4.26. The van der Waals surface area contributed by atoms with Crippen molar-refractivity contribution in [3.8, 4) is 10.4 Å². The Balaban J connectivity index is 1.74. The molecule has 0 radical (unpaired) electrons. The maximum atomic E-state index is 12.9. The van der Waals surface area contributed by atoms with Crippen LogP contribution in [0.1, 0.15) is 17.0 Å². The number of thioether (sulfide) groups is 1. The lowest BCUT2D eigenvalue weighted by atomic mass is 10.2. The summed E-state index contributed by atoms with van der Waals surface area (Å²) in [5.41, 5.74) is 2.92. The van der Waals surface area contributed by atoms with Crippen LogP contribution in [0.3, 0.4) is 0 Å². The zero-order chi connectivity index (χ0) is 17.6. The molecule has 4 heterocycles. The molecular formula is C17H15N3O2S3. The molecule has 0 fully saturated rings. The van der Waals surface area contributed by atoms with Crippen LogP contribution in [0.25, 0.3) is 20.7 Å². The summed E-state index contributed by atoms with van der Waals surface area (Å²) >= 11 is 4.68. The number of rotatable bonds is 4. The molecule has 25 heavy (non-hydrogen) atoms. The number of thiophene rings is 2. The summed E-state index contributed by atoms with van der Waals surface area (Å²) in [6, 6.07) is 4.03. The maximum Gasteiger partial charge on any atom is 0.263 e. The molecule has 4 rings (SSSR count). The molecule has 0 saturated carbocycles. The van der Waals surface area contributed by atoms with Gasteiger partial charge in [0.2, 0.25) is 0 Å². The first-order valence-corrected chi connectivity index (χ1v) is 10.4. The molecular weight excluding hydrogens is 374 g/mol. The summed E-state index contributed by atoms with van der Waals surface area (Å²) < 4.78 is 6.84. The van der Waals surface area contributed by atoms with Gasteiger partial charge in [0.1, 0.15) is 10.6 Å². The van der Waals surface area contributed by atoms with Crippen molar-refractivity contribution in [2.24, 2.45) is 7.05 Å². The van der Waals surface area contributed by atoms with E-state index in [9.17, 15) is 4.79 Å². The Bertz CT molecular complexity index is 1090. The predicted octanol–water partition coefficient (Wildman–Crippen LogP) is 4.62. The van der Waals surface area contributed by atoms with Crippen LogP contribution in [0.5, 0.6) is 0 Å². The molecule has 5 nitrogen and oxygen atoms in total. The Morgan fingerprint density at radius 3 is 2.84 bits per heavy atom. The van der Waals surface area contributed by atoms with Crippen molar-refractivity contribution in [2.45, 2.75) is 24.8 Å². The number of aryl methyl sites for hydroxylation is 2. The van der Waals surface area contributed by atoms with Crippen molar-refractivity contribution >= 4 is 44.7 Å². The van der Waals surface area contributed by atoms with E-state index in [0.717, 1.165) is 32.3 Å². The predicted molar refractivity (Wildman–Crippen MR) is 104 cm³/mol. The summed E-state index contributed by atoms with van der Waals surface area (Å²) in [4.78, 5) is 19.5. The van der Waals surface area contributed by atoms with Crippen molar-refractivity contribution in [3.05, 3.63) is 50.3 Å². The van der Waals surface area contributed by atoms with Crippen LogP contribution in [0.2, 0.25) is 0 Å². The normalized spacial score (nSPS) is 11.5. The number of fused-ring (bicyclic) bond motifs is 1. The molecule has 0 aliphatic rings. The van der Waals surface area contributed by atoms with E-state index in [1.807, 2.05) is 36.7 Å². The molecule has 8 heteroatoms. The second-order valence-corrected chi connectivity index (χ2v) is 8.41. The van der Waals surface area contributed by atoms with Gasteiger partial charge in [-0.05, 0) is 25.3 Å². The summed E-state index contributed by atoms with van der Waals surface area (Å²) in [5.74, 6) is 1.49. The highest BCUT2D eigenvalue weighted by molar-refractivity contribution is 7.98. The first-order valence-electron chi connectivity index (χ1n) is 7.63. The molecule has 4 aromatic rings.